The van der Waals surface area contributed by atoms with Crippen molar-refractivity contribution in [2.45, 2.75) is 25.9 Å². The van der Waals surface area contributed by atoms with Crippen LogP contribution in [0.1, 0.15) is 19.8 Å². The number of hydrogen-bond acceptors (Lipinski definition) is 5. The zero-order valence-corrected chi connectivity index (χ0v) is 12.6. The molecule has 0 aliphatic carbocycles. The highest BCUT2D eigenvalue weighted by atomic mass is 32.1. The standard InChI is InChI=1S/C14H18N4O2S/c1-2-4-11(19)8-16-13(20)18-14-17-12(9-21-14)10-5-3-6-15-7-10/h3,5-7,9,11,19H,2,4,8H2,1H3,(H2,16,17,18,20). The number of rotatable bonds is 6. The molecular formula is C14H18N4O2S. The number of anilines is 1. The molecule has 112 valence electrons. The van der Waals surface area contributed by atoms with Gasteiger partial charge >= 0.3 is 6.03 Å². The van der Waals surface area contributed by atoms with Crippen molar-refractivity contribution in [3.63, 3.8) is 0 Å². The van der Waals surface area contributed by atoms with Crippen molar-refractivity contribution >= 4 is 22.5 Å². The van der Waals surface area contributed by atoms with Crippen molar-refractivity contribution in [2.24, 2.45) is 0 Å². The number of amides is 2. The van der Waals surface area contributed by atoms with Crippen molar-refractivity contribution in [1.82, 2.24) is 15.3 Å². The predicted octanol–water partition coefficient (Wildman–Crippen LogP) is 2.49. The first-order valence-electron chi connectivity index (χ1n) is 6.78. The predicted molar refractivity (Wildman–Crippen MR) is 83.3 cm³/mol. The van der Waals surface area contributed by atoms with Gasteiger partial charge in [-0.05, 0) is 18.6 Å². The molecule has 6 nitrogen and oxygen atoms in total. The zero-order valence-electron chi connectivity index (χ0n) is 11.7. The highest BCUT2D eigenvalue weighted by molar-refractivity contribution is 7.14. The van der Waals surface area contributed by atoms with E-state index in [1.807, 2.05) is 24.4 Å². The Morgan fingerprint density at radius 3 is 3.10 bits per heavy atom. The first kappa shape index (κ1) is 15.4. The SMILES string of the molecule is CCCC(O)CNC(=O)Nc1nc(-c2cccnc2)cs1. The normalized spacial score (nSPS) is 11.9. The van der Waals surface area contributed by atoms with E-state index < -0.39 is 6.10 Å². The number of aliphatic hydroxyl groups excluding tert-OH is 1. The van der Waals surface area contributed by atoms with E-state index in [1.165, 1.54) is 11.3 Å². The third kappa shape index (κ3) is 4.80. The summed E-state index contributed by atoms with van der Waals surface area (Å²) < 4.78 is 0. The molecule has 0 saturated carbocycles. The molecule has 2 rings (SSSR count). The Balaban J connectivity index is 1.86. The second-order valence-electron chi connectivity index (χ2n) is 4.56. The first-order chi connectivity index (χ1) is 10.2. The maximum absolute atomic E-state index is 11.7. The van der Waals surface area contributed by atoms with E-state index >= 15 is 0 Å². The summed E-state index contributed by atoms with van der Waals surface area (Å²) >= 11 is 1.34. The molecular weight excluding hydrogens is 288 g/mol. The van der Waals surface area contributed by atoms with Crippen LogP contribution in [0.2, 0.25) is 0 Å². The van der Waals surface area contributed by atoms with E-state index in [4.69, 9.17) is 0 Å². The topological polar surface area (TPSA) is 87.1 Å². The quantitative estimate of drug-likeness (QED) is 0.765. The van der Waals surface area contributed by atoms with E-state index in [0.717, 1.165) is 17.7 Å². The fraction of sp³-hybridized carbons (Fsp3) is 0.357. The van der Waals surface area contributed by atoms with Gasteiger partial charge in [0.2, 0.25) is 0 Å². The van der Waals surface area contributed by atoms with Gasteiger partial charge in [0.25, 0.3) is 0 Å². The lowest BCUT2D eigenvalue weighted by atomic mass is 10.2. The van der Waals surface area contributed by atoms with Crippen LogP contribution in [0.25, 0.3) is 11.3 Å². The van der Waals surface area contributed by atoms with Gasteiger partial charge in [0.1, 0.15) is 0 Å². The third-order valence-corrected chi connectivity index (χ3v) is 3.56. The molecule has 1 unspecified atom stereocenters. The van der Waals surface area contributed by atoms with Gasteiger partial charge in [0, 0.05) is 29.9 Å². The summed E-state index contributed by atoms with van der Waals surface area (Å²) in [4.78, 5) is 20.1. The fourth-order valence-corrected chi connectivity index (χ4v) is 2.48. The Morgan fingerprint density at radius 2 is 2.38 bits per heavy atom. The van der Waals surface area contributed by atoms with E-state index in [9.17, 15) is 9.90 Å². The second kappa shape index (κ2) is 7.70. The van der Waals surface area contributed by atoms with E-state index in [2.05, 4.69) is 20.6 Å². The fourth-order valence-electron chi connectivity index (χ4n) is 1.77. The number of thiazole rings is 1. The Kier molecular flexibility index (Phi) is 5.65. The summed E-state index contributed by atoms with van der Waals surface area (Å²) in [6, 6.07) is 3.38. The molecule has 0 aliphatic rings. The molecule has 2 amide bonds. The van der Waals surface area contributed by atoms with Gasteiger partial charge in [0.05, 0.1) is 11.8 Å². The lowest BCUT2D eigenvalue weighted by Crippen LogP contribution is -2.35. The highest BCUT2D eigenvalue weighted by Crippen LogP contribution is 2.23. The molecule has 0 bridgehead atoms. The molecule has 3 N–H and O–H groups in total. The number of aliphatic hydroxyl groups is 1. The van der Waals surface area contributed by atoms with E-state index in [-0.39, 0.29) is 12.6 Å². The van der Waals surface area contributed by atoms with Gasteiger partial charge in [-0.1, -0.05) is 13.3 Å². The minimum Gasteiger partial charge on any atom is -0.391 e. The monoisotopic (exact) mass is 306 g/mol. The van der Waals surface area contributed by atoms with E-state index in [1.54, 1.807) is 12.4 Å². The number of carbonyl (C=O) groups excluding carboxylic acids is 1. The van der Waals surface area contributed by atoms with Crippen LogP contribution in [-0.4, -0.2) is 33.8 Å². The summed E-state index contributed by atoms with van der Waals surface area (Å²) in [5.41, 5.74) is 1.68. The van der Waals surface area contributed by atoms with Gasteiger partial charge in [-0.3, -0.25) is 10.3 Å². The Morgan fingerprint density at radius 1 is 1.52 bits per heavy atom. The summed E-state index contributed by atoms with van der Waals surface area (Å²) in [6.07, 6.45) is 4.46. The smallest absolute Gasteiger partial charge is 0.321 e. The van der Waals surface area contributed by atoms with Crippen molar-refractivity contribution in [3.05, 3.63) is 29.9 Å². The maximum Gasteiger partial charge on any atom is 0.321 e. The molecule has 1 atom stereocenters. The van der Waals surface area contributed by atoms with Gasteiger partial charge in [-0.2, -0.15) is 0 Å². The number of urea groups is 1. The Hall–Kier alpha value is -1.99. The first-order valence-corrected chi connectivity index (χ1v) is 7.66. The average Bonchev–Trinajstić information content (AvgIpc) is 2.95. The van der Waals surface area contributed by atoms with Crippen LogP contribution in [0.15, 0.2) is 29.9 Å². The molecule has 7 heteroatoms. The molecule has 0 saturated heterocycles. The molecule has 0 fully saturated rings. The van der Waals surface area contributed by atoms with Crippen molar-refractivity contribution in [2.75, 3.05) is 11.9 Å². The van der Waals surface area contributed by atoms with Crippen LogP contribution in [0.5, 0.6) is 0 Å². The zero-order chi connectivity index (χ0) is 15.1. The number of aromatic nitrogens is 2. The number of carbonyl (C=O) groups is 1. The number of nitrogens with zero attached hydrogens (tertiary/aromatic N) is 2. The minimum atomic E-state index is -0.511. The van der Waals surface area contributed by atoms with Gasteiger partial charge in [-0.15, -0.1) is 11.3 Å². The summed E-state index contributed by atoms with van der Waals surface area (Å²) in [6.45, 7) is 2.22. The summed E-state index contributed by atoms with van der Waals surface area (Å²) in [5, 5.41) is 17.2. The Bertz CT molecular complexity index is 573. The van der Waals surface area contributed by atoms with Crippen LogP contribution in [0.4, 0.5) is 9.93 Å². The van der Waals surface area contributed by atoms with Crippen LogP contribution < -0.4 is 10.6 Å². The van der Waals surface area contributed by atoms with E-state index in [0.29, 0.717) is 11.6 Å². The molecule has 2 heterocycles. The molecule has 21 heavy (non-hydrogen) atoms. The summed E-state index contributed by atoms with van der Waals surface area (Å²) in [7, 11) is 0. The molecule has 0 spiro atoms. The molecule has 0 radical (unpaired) electrons. The minimum absolute atomic E-state index is 0.237. The third-order valence-electron chi connectivity index (χ3n) is 2.80. The van der Waals surface area contributed by atoms with Gasteiger partial charge in [-0.25, -0.2) is 9.78 Å². The lowest BCUT2D eigenvalue weighted by Gasteiger charge is -2.10. The lowest BCUT2D eigenvalue weighted by molar-refractivity contribution is 0.162. The Labute approximate surface area is 127 Å². The molecule has 0 aliphatic heterocycles. The summed E-state index contributed by atoms with van der Waals surface area (Å²) in [5.74, 6) is 0. The second-order valence-corrected chi connectivity index (χ2v) is 5.42. The van der Waals surface area contributed by atoms with Gasteiger partial charge in [0.15, 0.2) is 5.13 Å². The number of nitrogens with one attached hydrogen (secondary N) is 2. The van der Waals surface area contributed by atoms with Crippen molar-refractivity contribution < 1.29 is 9.90 Å². The largest absolute Gasteiger partial charge is 0.391 e. The molecule has 2 aromatic heterocycles. The van der Waals surface area contributed by atoms with Crippen LogP contribution in [0.3, 0.4) is 0 Å². The van der Waals surface area contributed by atoms with Crippen LogP contribution >= 0.6 is 11.3 Å². The van der Waals surface area contributed by atoms with Gasteiger partial charge < -0.3 is 10.4 Å². The van der Waals surface area contributed by atoms with Crippen LogP contribution in [0, 0.1) is 0 Å². The van der Waals surface area contributed by atoms with Crippen LogP contribution in [-0.2, 0) is 0 Å². The average molecular weight is 306 g/mol. The number of hydrogen-bond donors (Lipinski definition) is 3. The van der Waals surface area contributed by atoms with Crippen molar-refractivity contribution in [1.29, 1.82) is 0 Å². The van der Waals surface area contributed by atoms with Crippen molar-refractivity contribution in [3.8, 4) is 11.3 Å². The highest BCUT2D eigenvalue weighted by Gasteiger charge is 2.09. The molecule has 2 aromatic rings. The number of pyridine rings is 1. The molecule has 0 aromatic carbocycles. The maximum atomic E-state index is 11.7.